The Morgan fingerprint density at radius 3 is 2.53 bits per heavy atom. The van der Waals surface area contributed by atoms with Crippen molar-refractivity contribution in [1.29, 1.82) is 0 Å². The van der Waals surface area contributed by atoms with Gasteiger partial charge in [-0.2, -0.15) is 12.6 Å². The summed E-state index contributed by atoms with van der Waals surface area (Å²) in [6, 6.07) is 3.39. The molecule has 0 aromatic heterocycles. The lowest BCUT2D eigenvalue weighted by atomic mass is 9.90. The third-order valence-electron chi connectivity index (χ3n) is 3.43. The zero-order valence-electron chi connectivity index (χ0n) is 9.59. The second-order valence-electron chi connectivity index (χ2n) is 4.73. The largest absolute Gasteiger partial charge is 0.490 e. The Morgan fingerprint density at radius 1 is 1.24 bits per heavy atom. The van der Waals surface area contributed by atoms with E-state index in [4.69, 9.17) is 4.74 Å². The molecule has 0 N–H and O–H groups in total. The fraction of sp³-hybridized carbons (Fsp3) is 0.538. The van der Waals surface area contributed by atoms with Gasteiger partial charge in [0.15, 0.2) is 11.6 Å². The van der Waals surface area contributed by atoms with Crippen molar-refractivity contribution in [3.05, 3.63) is 29.8 Å². The lowest BCUT2D eigenvalue weighted by Gasteiger charge is -2.26. The Balaban J connectivity index is 2.01. The van der Waals surface area contributed by atoms with E-state index < -0.39 is 11.6 Å². The van der Waals surface area contributed by atoms with Crippen molar-refractivity contribution in [2.45, 2.75) is 25.7 Å². The van der Waals surface area contributed by atoms with E-state index in [1.54, 1.807) is 0 Å². The number of ether oxygens (including phenoxy) is 1. The predicted molar refractivity (Wildman–Crippen MR) is 66.6 cm³/mol. The SMILES string of the molecule is Fc1ccc(OCC2(CS)CCCC2)c(F)c1. The van der Waals surface area contributed by atoms with E-state index in [1.165, 1.54) is 25.0 Å². The molecule has 17 heavy (non-hydrogen) atoms. The van der Waals surface area contributed by atoms with E-state index in [9.17, 15) is 8.78 Å². The number of halogens is 2. The van der Waals surface area contributed by atoms with Crippen LogP contribution in [0.2, 0.25) is 0 Å². The normalized spacial score (nSPS) is 18.3. The maximum atomic E-state index is 13.4. The van der Waals surface area contributed by atoms with E-state index in [0.29, 0.717) is 6.61 Å². The summed E-state index contributed by atoms with van der Waals surface area (Å²) < 4.78 is 31.6. The first-order valence-electron chi connectivity index (χ1n) is 5.84. The molecule has 1 aromatic rings. The van der Waals surface area contributed by atoms with Crippen molar-refractivity contribution in [1.82, 2.24) is 0 Å². The summed E-state index contributed by atoms with van der Waals surface area (Å²) in [4.78, 5) is 0. The van der Waals surface area contributed by atoms with E-state index in [1.807, 2.05) is 0 Å². The van der Waals surface area contributed by atoms with Crippen LogP contribution in [0.25, 0.3) is 0 Å². The van der Waals surface area contributed by atoms with Crippen LogP contribution < -0.4 is 4.74 Å². The minimum Gasteiger partial charge on any atom is -0.490 e. The zero-order chi connectivity index (χ0) is 12.3. The van der Waals surface area contributed by atoms with Gasteiger partial charge in [0.1, 0.15) is 5.82 Å². The van der Waals surface area contributed by atoms with E-state index in [-0.39, 0.29) is 11.2 Å². The molecule has 0 aliphatic heterocycles. The maximum Gasteiger partial charge on any atom is 0.167 e. The van der Waals surface area contributed by atoms with E-state index in [2.05, 4.69) is 12.6 Å². The first-order chi connectivity index (χ1) is 8.15. The summed E-state index contributed by atoms with van der Waals surface area (Å²) in [6.45, 7) is 0.457. The monoisotopic (exact) mass is 258 g/mol. The highest BCUT2D eigenvalue weighted by Crippen LogP contribution is 2.39. The lowest BCUT2D eigenvalue weighted by molar-refractivity contribution is 0.167. The van der Waals surface area contributed by atoms with Crippen LogP contribution in [0.5, 0.6) is 5.75 Å². The van der Waals surface area contributed by atoms with Gasteiger partial charge in [-0.25, -0.2) is 8.78 Å². The molecule has 0 saturated heterocycles. The van der Waals surface area contributed by atoms with Crippen molar-refractivity contribution in [2.24, 2.45) is 5.41 Å². The molecule has 1 aromatic carbocycles. The molecule has 0 heterocycles. The highest BCUT2D eigenvalue weighted by Gasteiger charge is 2.33. The van der Waals surface area contributed by atoms with Gasteiger partial charge in [0.25, 0.3) is 0 Å². The maximum absolute atomic E-state index is 13.4. The van der Waals surface area contributed by atoms with Crippen LogP contribution in [0.4, 0.5) is 8.78 Å². The van der Waals surface area contributed by atoms with Crippen molar-refractivity contribution >= 4 is 12.6 Å². The summed E-state index contributed by atoms with van der Waals surface area (Å²) in [5.74, 6) is -0.355. The second-order valence-corrected chi connectivity index (χ2v) is 5.04. The van der Waals surface area contributed by atoms with Gasteiger partial charge in [0.05, 0.1) is 6.61 Å². The third kappa shape index (κ3) is 2.92. The van der Waals surface area contributed by atoms with Crippen LogP contribution in [0.3, 0.4) is 0 Å². The smallest absolute Gasteiger partial charge is 0.167 e. The molecule has 0 spiro atoms. The number of benzene rings is 1. The number of hydrogen-bond acceptors (Lipinski definition) is 2. The molecule has 0 amide bonds. The van der Waals surface area contributed by atoms with Crippen LogP contribution >= 0.6 is 12.6 Å². The summed E-state index contributed by atoms with van der Waals surface area (Å²) in [5, 5.41) is 0. The highest BCUT2D eigenvalue weighted by atomic mass is 32.1. The Kier molecular flexibility index (Phi) is 3.92. The average molecular weight is 258 g/mol. The van der Waals surface area contributed by atoms with Crippen molar-refractivity contribution in [3.63, 3.8) is 0 Å². The Hall–Kier alpha value is -0.770. The van der Waals surface area contributed by atoms with Gasteiger partial charge >= 0.3 is 0 Å². The van der Waals surface area contributed by atoms with Crippen molar-refractivity contribution < 1.29 is 13.5 Å². The average Bonchev–Trinajstić information content (AvgIpc) is 2.77. The lowest BCUT2D eigenvalue weighted by Crippen LogP contribution is -2.27. The molecule has 1 nitrogen and oxygen atoms in total. The van der Waals surface area contributed by atoms with Gasteiger partial charge in [-0.1, -0.05) is 12.8 Å². The van der Waals surface area contributed by atoms with Crippen molar-refractivity contribution in [2.75, 3.05) is 12.4 Å². The van der Waals surface area contributed by atoms with Crippen LogP contribution in [-0.2, 0) is 0 Å². The molecular weight excluding hydrogens is 242 g/mol. The number of thiol groups is 1. The molecular formula is C13H16F2OS. The molecule has 0 radical (unpaired) electrons. The van der Waals surface area contributed by atoms with Crippen LogP contribution in [-0.4, -0.2) is 12.4 Å². The Morgan fingerprint density at radius 2 is 1.94 bits per heavy atom. The quantitative estimate of drug-likeness (QED) is 0.807. The molecule has 2 rings (SSSR count). The summed E-state index contributed by atoms with van der Waals surface area (Å²) in [7, 11) is 0. The number of hydrogen-bond donors (Lipinski definition) is 1. The Bertz CT molecular complexity index is 389. The van der Waals surface area contributed by atoms with Gasteiger partial charge in [-0.3, -0.25) is 0 Å². The standard InChI is InChI=1S/C13H16F2OS/c14-10-3-4-12(11(15)7-10)16-8-13(9-17)5-1-2-6-13/h3-4,7,17H,1-2,5-6,8-9H2. The van der Waals surface area contributed by atoms with Gasteiger partial charge in [-0.05, 0) is 30.7 Å². The summed E-state index contributed by atoms with van der Waals surface area (Å²) >= 11 is 4.36. The molecule has 1 aliphatic carbocycles. The Labute approximate surface area is 106 Å². The zero-order valence-corrected chi connectivity index (χ0v) is 10.5. The van der Waals surface area contributed by atoms with Gasteiger partial charge in [-0.15, -0.1) is 0 Å². The third-order valence-corrected chi connectivity index (χ3v) is 4.10. The van der Waals surface area contributed by atoms with Crippen LogP contribution in [0.1, 0.15) is 25.7 Å². The molecule has 1 saturated carbocycles. The summed E-state index contributed by atoms with van der Waals surface area (Å²) in [5.41, 5.74) is 0.0595. The highest BCUT2D eigenvalue weighted by molar-refractivity contribution is 7.80. The fourth-order valence-corrected chi connectivity index (χ4v) is 2.70. The van der Waals surface area contributed by atoms with Gasteiger partial charge in [0, 0.05) is 11.5 Å². The second kappa shape index (κ2) is 5.25. The van der Waals surface area contributed by atoms with Crippen LogP contribution in [0.15, 0.2) is 18.2 Å². The minimum atomic E-state index is -0.641. The van der Waals surface area contributed by atoms with Gasteiger partial charge < -0.3 is 4.74 Å². The fourth-order valence-electron chi connectivity index (χ4n) is 2.30. The molecule has 1 aliphatic rings. The van der Waals surface area contributed by atoms with E-state index >= 15 is 0 Å². The summed E-state index contributed by atoms with van der Waals surface area (Å²) in [6.07, 6.45) is 4.49. The first-order valence-corrected chi connectivity index (χ1v) is 6.47. The van der Waals surface area contributed by atoms with Crippen LogP contribution in [0, 0.1) is 17.0 Å². The molecule has 4 heteroatoms. The molecule has 0 atom stereocenters. The van der Waals surface area contributed by atoms with E-state index in [0.717, 1.165) is 24.7 Å². The molecule has 0 bridgehead atoms. The minimum absolute atomic E-state index is 0.0595. The first kappa shape index (κ1) is 12.7. The molecule has 0 unspecified atom stereocenters. The predicted octanol–water partition coefficient (Wildman–Crippen LogP) is 3.83. The van der Waals surface area contributed by atoms with Gasteiger partial charge in [0.2, 0.25) is 0 Å². The molecule has 94 valence electrons. The van der Waals surface area contributed by atoms with Crippen molar-refractivity contribution in [3.8, 4) is 5.75 Å². The number of rotatable bonds is 4. The topological polar surface area (TPSA) is 9.23 Å². The molecule has 1 fully saturated rings.